The number of hydrogen-bond acceptors (Lipinski definition) is 2. The van der Waals surface area contributed by atoms with Crippen LogP contribution in [0.2, 0.25) is 0 Å². The van der Waals surface area contributed by atoms with E-state index in [0.717, 1.165) is 24.5 Å². The van der Waals surface area contributed by atoms with Gasteiger partial charge in [0, 0.05) is 11.8 Å². The Kier molecular flexibility index (Phi) is 5.75. The highest BCUT2D eigenvalue weighted by molar-refractivity contribution is 6.23. The highest BCUT2D eigenvalue weighted by Gasteiger charge is 2.31. The summed E-state index contributed by atoms with van der Waals surface area (Å²) >= 11 is 0. The summed E-state index contributed by atoms with van der Waals surface area (Å²) in [6, 6.07) is 0. The molecule has 5 heteroatoms. The Bertz CT molecular complexity index is 628. The van der Waals surface area contributed by atoms with Crippen LogP contribution in [0.3, 0.4) is 0 Å². The molecular weight excluding hydrogens is 294 g/mol. The van der Waals surface area contributed by atoms with Crippen LogP contribution in [-0.4, -0.2) is 24.7 Å². The van der Waals surface area contributed by atoms with Crippen LogP contribution >= 0.6 is 0 Å². The van der Waals surface area contributed by atoms with E-state index in [-0.39, 0.29) is 23.1 Å². The fraction of sp³-hybridized carbons (Fsp3) is 0.444. The zero-order valence-corrected chi connectivity index (χ0v) is 13.2. The number of rotatable bonds is 6. The molecule has 0 aromatic rings. The predicted molar refractivity (Wildman–Crippen MR) is 87.6 cm³/mol. The van der Waals surface area contributed by atoms with Crippen LogP contribution < -0.4 is 0 Å². The SMILES string of the molecule is [B]C1=CCC(CC2C(=O)C=C(C(=O)O)C=C2CCCC)C(F)=C1. The van der Waals surface area contributed by atoms with E-state index in [9.17, 15) is 14.0 Å². The maximum absolute atomic E-state index is 14.1. The fourth-order valence-electron chi connectivity index (χ4n) is 3.02. The third-order valence-electron chi connectivity index (χ3n) is 4.35. The molecule has 0 bridgehead atoms. The highest BCUT2D eigenvalue weighted by Crippen LogP contribution is 2.36. The fourth-order valence-corrected chi connectivity index (χ4v) is 3.02. The number of carboxylic acids is 1. The van der Waals surface area contributed by atoms with Gasteiger partial charge in [-0.2, -0.15) is 0 Å². The summed E-state index contributed by atoms with van der Waals surface area (Å²) in [6.07, 6.45) is 9.10. The molecule has 2 unspecified atom stereocenters. The second-order valence-corrected chi connectivity index (χ2v) is 6.08. The van der Waals surface area contributed by atoms with Crippen molar-refractivity contribution in [2.75, 3.05) is 0 Å². The molecule has 3 nitrogen and oxygen atoms in total. The Labute approximate surface area is 137 Å². The first kappa shape index (κ1) is 17.4. The van der Waals surface area contributed by atoms with Gasteiger partial charge < -0.3 is 5.11 Å². The van der Waals surface area contributed by atoms with Crippen LogP contribution in [0.4, 0.5) is 4.39 Å². The molecule has 0 amide bonds. The van der Waals surface area contributed by atoms with E-state index in [1.165, 1.54) is 6.08 Å². The lowest BCUT2D eigenvalue weighted by atomic mass is 9.76. The monoisotopic (exact) mass is 314 g/mol. The summed E-state index contributed by atoms with van der Waals surface area (Å²) in [4.78, 5) is 23.5. The molecule has 2 rings (SSSR count). The molecule has 1 N–H and O–H groups in total. The molecule has 2 radical (unpaired) electrons. The van der Waals surface area contributed by atoms with Gasteiger partial charge in [-0.1, -0.05) is 30.5 Å². The lowest BCUT2D eigenvalue weighted by molar-refractivity contribution is -0.132. The number of ketones is 1. The van der Waals surface area contributed by atoms with Crippen molar-refractivity contribution in [1.82, 2.24) is 0 Å². The van der Waals surface area contributed by atoms with Crippen molar-refractivity contribution < 1.29 is 19.1 Å². The van der Waals surface area contributed by atoms with Crippen LogP contribution in [0.15, 0.2) is 46.7 Å². The van der Waals surface area contributed by atoms with Crippen molar-refractivity contribution in [2.45, 2.75) is 39.0 Å². The first-order valence-electron chi connectivity index (χ1n) is 7.94. The van der Waals surface area contributed by atoms with Gasteiger partial charge in [-0.25, -0.2) is 9.18 Å². The van der Waals surface area contributed by atoms with Crippen LogP contribution in [0.1, 0.15) is 39.0 Å². The van der Waals surface area contributed by atoms with Gasteiger partial charge in [0.2, 0.25) is 0 Å². The number of hydrogen-bond donors (Lipinski definition) is 1. The quantitative estimate of drug-likeness (QED) is 0.762. The summed E-state index contributed by atoms with van der Waals surface area (Å²) in [5.74, 6) is -2.47. The molecule has 0 fully saturated rings. The topological polar surface area (TPSA) is 54.4 Å². The molecule has 0 aromatic heterocycles. The van der Waals surface area contributed by atoms with Gasteiger partial charge in [0.25, 0.3) is 0 Å². The second-order valence-electron chi connectivity index (χ2n) is 6.08. The molecule has 2 aliphatic carbocycles. The minimum Gasteiger partial charge on any atom is -0.478 e. The lowest BCUT2D eigenvalue weighted by Crippen LogP contribution is -2.24. The Balaban J connectivity index is 2.19. The molecule has 0 heterocycles. The van der Waals surface area contributed by atoms with E-state index in [2.05, 4.69) is 0 Å². The average Bonchev–Trinajstić information content (AvgIpc) is 2.49. The summed E-state index contributed by atoms with van der Waals surface area (Å²) < 4.78 is 14.1. The van der Waals surface area contributed by atoms with Gasteiger partial charge >= 0.3 is 5.97 Å². The summed E-state index contributed by atoms with van der Waals surface area (Å²) in [7, 11) is 5.58. The number of allylic oxidation sites excluding steroid dienone is 6. The van der Waals surface area contributed by atoms with Gasteiger partial charge in [0.1, 0.15) is 13.7 Å². The van der Waals surface area contributed by atoms with Crippen LogP contribution in [0.5, 0.6) is 0 Å². The Morgan fingerprint density at radius 2 is 2.13 bits per heavy atom. The molecule has 120 valence electrons. The number of carbonyl (C=O) groups is 2. The van der Waals surface area contributed by atoms with Crippen molar-refractivity contribution in [3.05, 3.63) is 46.7 Å². The maximum atomic E-state index is 14.1. The number of halogens is 1. The maximum Gasteiger partial charge on any atom is 0.335 e. The molecule has 0 saturated carbocycles. The van der Waals surface area contributed by atoms with Crippen LogP contribution in [-0.2, 0) is 9.59 Å². The van der Waals surface area contributed by atoms with Crippen molar-refractivity contribution >= 4 is 19.6 Å². The van der Waals surface area contributed by atoms with E-state index >= 15 is 0 Å². The summed E-state index contributed by atoms with van der Waals surface area (Å²) in [5, 5.41) is 9.12. The van der Waals surface area contributed by atoms with E-state index in [0.29, 0.717) is 24.7 Å². The average molecular weight is 314 g/mol. The minimum atomic E-state index is -1.11. The van der Waals surface area contributed by atoms with Gasteiger partial charge in [-0.15, -0.1) is 0 Å². The van der Waals surface area contributed by atoms with Crippen molar-refractivity contribution in [3.8, 4) is 0 Å². The van der Waals surface area contributed by atoms with E-state index in [1.807, 2.05) is 6.92 Å². The molecule has 2 atom stereocenters. The normalized spacial score (nSPS) is 24.5. The smallest absolute Gasteiger partial charge is 0.335 e. The third-order valence-corrected chi connectivity index (χ3v) is 4.35. The predicted octanol–water partition coefficient (Wildman–Crippen LogP) is 3.63. The van der Waals surface area contributed by atoms with Gasteiger partial charge in [0.15, 0.2) is 5.78 Å². The Hall–Kier alpha value is -1.91. The van der Waals surface area contributed by atoms with Crippen LogP contribution in [0.25, 0.3) is 0 Å². The first-order valence-corrected chi connectivity index (χ1v) is 7.94. The Morgan fingerprint density at radius 3 is 2.74 bits per heavy atom. The summed E-state index contributed by atoms with van der Waals surface area (Å²) in [5.41, 5.74) is 1.22. The van der Waals surface area contributed by atoms with Crippen molar-refractivity contribution in [1.29, 1.82) is 0 Å². The number of carbonyl (C=O) groups excluding carboxylic acids is 1. The second kappa shape index (κ2) is 7.58. The minimum absolute atomic E-state index is 0.0150. The first-order chi connectivity index (χ1) is 10.9. The molecule has 0 aliphatic heterocycles. The standard InChI is InChI=1S/C18H20BFO3/c1-2-3-4-11-7-13(18(22)23)9-17(21)15(11)8-12-5-6-14(19)10-16(12)20/h6-7,9-10,12,15H,2-5,8H2,1H3,(H,22,23). The molecular formula is C18H20BFO3. The molecule has 23 heavy (non-hydrogen) atoms. The van der Waals surface area contributed by atoms with E-state index in [1.54, 1.807) is 12.2 Å². The number of unbranched alkanes of at least 4 members (excludes halogenated alkanes) is 1. The lowest BCUT2D eigenvalue weighted by Gasteiger charge is -2.27. The van der Waals surface area contributed by atoms with Crippen molar-refractivity contribution in [3.63, 3.8) is 0 Å². The summed E-state index contributed by atoms with van der Waals surface area (Å²) in [6.45, 7) is 2.03. The Morgan fingerprint density at radius 1 is 1.39 bits per heavy atom. The number of carboxylic acid groups (broad SMARTS) is 1. The van der Waals surface area contributed by atoms with Gasteiger partial charge in [0.05, 0.1) is 5.57 Å². The molecule has 0 aromatic carbocycles. The number of aliphatic carboxylic acids is 1. The third kappa shape index (κ3) is 4.30. The van der Waals surface area contributed by atoms with Gasteiger partial charge in [-0.3, -0.25) is 4.79 Å². The van der Waals surface area contributed by atoms with Gasteiger partial charge in [-0.05, 0) is 43.9 Å². The largest absolute Gasteiger partial charge is 0.478 e. The highest BCUT2D eigenvalue weighted by atomic mass is 19.1. The molecule has 0 saturated heterocycles. The van der Waals surface area contributed by atoms with E-state index in [4.69, 9.17) is 13.0 Å². The van der Waals surface area contributed by atoms with E-state index < -0.39 is 11.9 Å². The zero-order chi connectivity index (χ0) is 17.0. The van der Waals surface area contributed by atoms with Crippen LogP contribution in [0, 0.1) is 11.8 Å². The van der Waals surface area contributed by atoms with Crippen molar-refractivity contribution in [2.24, 2.45) is 11.8 Å². The molecule has 2 aliphatic rings. The molecule has 0 spiro atoms. The zero-order valence-electron chi connectivity index (χ0n) is 13.2.